The van der Waals surface area contributed by atoms with Crippen molar-refractivity contribution < 1.29 is 9.59 Å². The summed E-state index contributed by atoms with van der Waals surface area (Å²) in [5.41, 5.74) is 4.15. The SMILES string of the molecule is Cc1[nH]c(-c2cccc(Cl)c2)nc1C(=O)N1CCC2=C(CCC(=O)N2)C1. The van der Waals surface area contributed by atoms with E-state index in [2.05, 4.69) is 15.3 Å². The fraction of sp³-hybridized carbons (Fsp3) is 0.316. The van der Waals surface area contributed by atoms with Gasteiger partial charge in [0.25, 0.3) is 5.91 Å². The number of H-pyrrole nitrogens is 1. The van der Waals surface area contributed by atoms with Crippen LogP contribution in [0.2, 0.25) is 5.02 Å². The number of hydrogen-bond acceptors (Lipinski definition) is 3. The van der Waals surface area contributed by atoms with Crippen LogP contribution in [0.4, 0.5) is 0 Å². The molecule has 4 rings (SSSR count). The Hall–Kier alpha value is -2.60. The molecule has 1 aromatic heterocycles. The summed E-state index contributed by atoms with van der Waals surface area (Å²) in [4.78, 5) is 34.0. The van der Waals surface area contributed by atoms with Crippen molar-refractivity contribution in [3.8, 4) is 11.4 Å². The van der Waals surface area contributed by atoms with Crippen LogP contribution in [0.25, 0.3) is 11.4 Å². The van der Waals surface area contributed by atoms with Crippen LogP contribution in [-0.4, -0.2) is 39.8 Å². The zero-order valence-corrected chi connectivity index (χ0v) is 15.2. The molecule has 2 N–H and O–H groups in total. The Kier molecular flexibility index (Phi) is 4.28. The summed E-state index contributed by atoms with van der Waals surface area (Å²) < 4.78 is 0. The Morgan fingerprint density at radius 1 is 1.27 bits per heavy atom. The molecule has 0 fully saturated rings. The number of nitrogens with zero attached hydrogens (tertiary/aromatic N) is 2. The minimum absolute atomic E-state index is 0.0674. The van der Waals surface area contributed by atoms with Crippen LogP contribution in [0.1, 0.15) is 35.4 Å². The number of aromatic amines is 1. The molecule has 26 heavy (non-hydrogen) atoms. The van der Waals surface area contributed by atoms with E-state index in [4.69, 9.17) is 11.6 Å². The minimum atomic E-state index is -0.0875. The van der Waals surface area contributed by atoms with E-state index in [-0.39, 0.29) is 11.8 Å². The fourth-order valence-electron chi connectivity index (χ4n) is 3.47. The number of nitrogens with one attached hydrogen (secondary N) is 2. The van der Waals surface area contributed by atoms with Gasteiger partial charge in [-0.05, 0) is 31.1 Å². The van der Waals surface area contributed by atoms with Gasteiger partial charge in [0.1, 0.15) is 11.5 Å². The first-order valence-corrected chi connectivity index (χ1v) is 9.01. The molecule has 0 bridgehead atoms. The van der Waals surface area contributed by atoms with Gasteiger partial charge in [0.2, 0.25) is 5.91 Å². The standard InChI is InChI=1S/C19H19ClN4O2/c1-11-17(23-18(21-11)12-3-2-4-14(20)9-12)19(26)24-8-7-15-13(10-24)5-6-16(25)22-15/h2-4,9H,5-8,10H2,1H3,(H,21,23)(H,22,25). The molecule has 6 nitrogen and oxygen atoms in total. The molecule has 2 aliphatic rings. The van der Waals surface area contributed by atoms with Crippen LogP contribution in [0.15, 0.2) is 35.5 Å². The molecule has 3 heterocycles. The topological polar surface area (TPSA) is 78.1 Å². The summed E-state index contributed by atoms with van der Waals surface area (Å²) in [6.07, 6.45) is 1.89. The molecule has 0 saturated heterocycles. The van der Waals surface area contributed by atoms with Crippen molar-refractivity contribution in [3.05, 3.63) is 51.9 Å². The summed E-state index contributed by atoms with van der Waals surface area (Å²) in [7, 11) is 0. The predicted molar refractivity (Wildman–Crippen MR) is 98.7 cm³/mol. The lowest BCUT2D eigenvalue weighted by atomic mass is 9.97. The predicted octanol–water partition coefficient (Wildman–Crippen LogP) is 3.05. The van der Waals surface area contributed by atoms with Gasteiger partial charge in [-0.3, -0.25) is 9.59 Å². The zero-order valence-electron chi connectivity index (χ0n) is 14.4. The van der Waals surface area contributed by atoms with Crippen molar-refractivity contribution in [2.75, 3.05) is 13.1 Å². The van der Waals surface area contributed by atoms with Crippen LogP contribution in [0, 0.1) is 6.92 Å². The summed E-state index contributed by atoms with van der Waals surface area (Å²) in [5.74, 6) is 0.614. The second-order valence-corrected chi connectivity index (χ2v) is 7.11. The normalized spacial score (nSPS) is 17.2. The van der Waals surface area contributed by atoms with E-state index in [9.17, 15) is 9.59 Å². The number of amides is 2. The fourth-order valence-corrected chi connectivity index (χ4v) is 3.66. The van der Waals surface area contributed by atoms with Crippen LogP contribution in [0.3, 0.4) is 0 Å². The van der Waals surface area contributed by atoms with Crippen LogP contribution >= 0.6 is 11.6 Å². The van der Waals surface area contributed by atoms with Gasteiger partial charge < -0.3 is 15.2 Å². The highest BCUT2D eigenvalue weighted by Gasteiger charge is 2.29. The van der Waals surface area contributed by atoms with E-state index >= 15 is 0 Å². The molecule has 7 heteroatoms. The van der Waals surface area contributed by atoms with Crippen molar-refractivity contribution in [2.45, 2.75) is 26.2 Å². The van der Waals surface area contributed by atoms with Gasteiger partial charge in [-0.1, -0.05) is 23.7 Å². The van der Waals surface area contributed by atoms with E-state index in [1.807, 2.05) is 25.1 Å². The Bertz CT molecular complexity index is 931. The number of halogens is 1. The zero-order chi connectivity index (χ0) is 18.3. The van der Waals surface area contributed by atoms with Gasteiger partial charge in [-0.25, -0.2) is 4.98 Å². The van der Waals surface area contributed by atoms with Crippen molar-refractivity contribution in [1.29, 1.82) is 0 Å². The van der Waals surface area contributed by atoms with Crippen LogP contribution < -0.4 is 5.32 Å². The highest BCUT2D eigenvalue weighted by atomic mass is 35.5. The molecule has 0 aliphatic carbocycles. The molecule has 0 atom stereocenters. The smallest absolute Gasteiger partial charge is 0.274 e. The molecule has 2 amide bonds. The first kappa shape index (κ1) is 16.8. The number of rotatable bonds is 2. The number of carbonyl (C=O) groups excluding carboxylic acids is 2. The van der Waals surface area contributed by atoms with Gasteiger partial charge >= 0.3 is 0 Å². The lowest BCUT2D eigenvalue weighted by Gasteiger charge is -2.33. The molecule has 0 radical (unpaired) electrons. The van der Waals surface area contributed by atoms with Gasteiger partial charge in [0.15, 0.2) is 0 Å². The minimum Gasteiger partial charge on any atom is -0.341 e. The number of imidazole rings is 1. The van der Waals surface area contributed by atoms with Crippen molar-refractivity contribution in [2.24, 2.45) is 0 Å². The number of aryl methyl sites for hydroxylation is 1. The number of aromatic nitrogens is 2. The summed E-state index contributed by atoms with van der Waals surface area (Å²) in [5, 5.41) is 3.55. The van der Waals surface area contributed by atoms with Gasteiger partial charge in [-0.15, -0.1) is 0 Å². The van der Waals surface area contributed by atoms with E-state index in [0.717, 1.165) is 28.9 Å². The maximum atomic E-state index is 13.0. The number of carbonyl (C=O) groups is 2. The molecular weight excluding hydrogens is 352 g/mol. The second-order valence-electron chi connectivity index (χ2n) is 6.68. The van der Waals surface area contributed by atoms with Gasteiger partial charge in [0, 0.05) is 47.9 Å². The Balaban J connectivity index is 1.57. The molecule has 1 aromatic carbocycles. The molecule has 0 unspecified atom stereocenters. The van der Waals surface area contributed by atoms with E-state index in [1.165, 1.54) is 0 Å². The average molecular weight is 371 g/mol. The van der Waals surface area contributed by atoms with Crippen LogP contribution in [0.5, 0.6) is 0 Å². The lowest BCUT2D eigenvalue weighted by Crippen LogP contribution is -2.42. The Labute approximate surface area is 156 Å². The lowest BCUT2D eigenvalue weighted by molar-refractivity contribution is -0.120. The largest absolute Gasteiger partial charge is 0.341 e. The summed E-state index contributed by atoms with van der Waals surface area (Å²) >= 11 is 6.05. The maximum Gasteiger partial charge on any atom is 0.274 e. The number of hydrogen-bond donors (Lipinski definition) is 2. The third-order valence-corrected chi connectivity index (χ3v) is 5.09. The Morgan fingerprint density at radius 2 is 2.12 bits per heavy atom. The van der Waals surface area contributed by atoms with Crippen LogP contribution in [-0.2, 0) is 4.79 Å². The Morgan fingerprint density at radius 3 is 2.92 bits per heavy atom. The van der Waals surface area contributed by atoms with Crippen molar-refractivity contribution in [3.63, 3.8) is 0 Å². The van der Waals surface area contributed by atoms with Crippen molar-refractivity contribution >= 4 is 23.4 Å². The van der Waals surface area contributed by atoms with Gasteiger partial charge in [0.05, 0.1) is 0 Å². The average Bonchev–Trinajstić information content (AvgIpc) is 3.02. The molecule has 134 valence electrons. The van der Waals surface area contributed by atoms with Crippen molar-refractivity contribution in [1.82, 2.24) is 20.2 Å². The first-order valence-electron chi connectivity index (χ1n) is 8.64. The van der Waals surface area contributed by atoms with Gasteiger partial charge in [-0.2, -0.15) is 0 Å². The molecule has 2 aromatic rings. The molecule has 0 saturated carbocycles. The first-order chi connectivity index (χ1) is 12.5. The molecule has 0 spiro atoms. The van der Waals surface area contributed by atoms with E-state index in [0.29, 0.717) is 42.5 Å². The second kappa shape index (κ2) is 6.61. The van der Waals surface area contributed by atoms with E-state index < -0.39 is 0 Å². The molecular formula is C19H19ClN4O2. The monoisotopic (exact) mass is 370 g/mol. The number of benzene rings is 1. The third kappa shape index (κ3) is 3.12. The third-order valence-electron chi connectivity index (χ3n) is 4.86. The maximum absolute atomic E-state index is 13.0. The van der Waals surface area contributed by atoms with E-state index in [1.54, 1.807) is 11.0 Å². The molecule has 2 aliphatic heterocycles. The highest BCUT2D eigenvalue weighted by Crippen LogP contribution is 2.26. The summed E-state index contributed by atoms with van der Waals surface area (Å²) in [6.45, 7) is 2.98. The highest BCUT2D eigenvalue weighted by molar-refractivity contribution is 6.30. The summed E-state index contributed by atoms with van der Waals surface area (Å²) in [6, 6.07) is 7.37. The quantitative estimate of drug-likeness (QED) is 0.852.